The van der Waals surface area contributed by atoms with Crippen LogP contribution in [0, 0.1) is 0 Å². The lowest BCUT2D eigenvalue weighted by Gasteiger charge is -2.18. The van der Waals surface area contributed by atoms with E-state index in [0.717, 1.165) is 19.5 Å². The lowest BCUT2D eigenvalue weighted by molar-refractivity contribution is 0.0785. The Balaban J connectivity index is 2.49. The summed E-state index contributed by atoms with van der Waals surface area (Å²) < 4.78 is 0. The number of hydrogen-bond donors (Lipinski definition) is 1. The van der Waals surface area contributed by atoms with Crippen LogP contribution in [-0.2, 0) is 0 Å². The van der Waals surface area contributed by atoms with Gasteiger partial charge in [0.25, 0.3) is 5.91 Å². The zero-order valence-electron chi connectivity index (χ0n) is 10.7. The molecule has 1 rings (SSSR count). The summed E-state index contributed by atoms with van der Waals surface area (Å²) in [6.07, 6.45) is 2.45. The quantitative estimate of drug-likeness (QED) is 0.817. The Morgan fingerprint density at radius 3 is 2.53 bits per heavy atom. The van der Waals surface area contributed by atoms with Gasteiger partial charge in [-0.3, -0.25) is 4.79 Å². The van der Waals surface area contributed by atoms with Crippen molar-refractivity contribution in [3.8, 4) is 0 Å². The van der Waals surface area contributed by atoms with Crippen molar-refractivity contribution < 1.29 is 4.79 Å². The Labute approximate surface area is 102 Å². The maximum Gasteiger partial charge on any atom is 0.272 e. The number of carbonyl (C=O) groups is 1. The molecule has 94 valence electrons. The number of nitrogens with two attached hydrogens (primary N) is 1. The number of hydrogen-bond acceptors (Lipinski definition) is 4. The van der Waals surface area contributed by atoms with Gasteiger partial charge in [0.05, 0.1) is 11.9 Å². The zero-order valence-corrected chi connectivity index (χ0v) is 10.7. The van der Waals surface area contributed by atoms with Gasteiger partial charge in [-0.2, -0.15) is 0 Å². The van der Waals surface area contributed by atoms with E-state index >= 15 is 0 Å². The number of aromatic nitrogens is 1. The molecular weight excluding hydrogens is 216 g/mol. The van der Waals surface area contributed by atoms with E-state index in [4.69, 9.17) is 5.73 Å². The second-order valence-electron chi connectivity index (χ2n) is 4.36. The first-order valence-corrected chi connectivity index (χ1v) is 5.62. The average Bonchev–Trinajstić information content (AvgIpc) is 2.28. The van der Waals surface area contributed by atoms with Gasteiger partial charge in [0.1, 0.15) is 5.69 Å². The molecule has 0 saturated carbocycles. The van der Waals surface area contributed by atoms with Gasteiger partial charge in [-0.25, -0.2) is 4.98 Å². The van der Waals surface area contributed by atoms with Crippen LogP contribution in [0.4, 0.5) is 5.69 Å². The van der Waals surface area contributed by atoms with Crippen LogP contribution >= 0.6 is 0 Å². The molecule has 0 aliphatic rings. The van der Waals surface area contributed by atoms with Gasteiger partial charge in [-0.15, -0.1) is 0 Å². The van der Waals surface area contributed by atoms with Crippen molar-refractivity contribution in [3.05, 3.63) is 24.0 Å². The van der Waals surface area contributed by atoms with E-state index in [-0.39, 0.29) is 5.91 Å². The third-order valence-electron chi connectivity index (χ3n) is 2.45. The second-order valence-corrected chi connectivity index (χ2v) is 4.36. The van der Waals surface area contributed by atoms with Crippen molar-refractivity contribution in [2.75, 3.05) is 40.0 Å². The Hall–Kier alpha value is -1.62. The number of carbonyl (C=O) groups excluding carboxylic acids is 1. The van der Waals surface area contributed by atoms with Crippen LogP contribution in [0.2, 0.25) is 0 Å². The number of anilines is 1. The summed E-state index contributed by atoms with van der Waals surface area (Å²) in [6.45, 7) is 1.69. The number of rotatable bonds is 5. The predicted octanol–water partition coefficient (Wildman–Crippen LogP) is 0.687. The Kier molecular flexibility index (Phi) is 4.90. The van der Waals surface area contributed by atoms with E-state index in [9.17, 15) is 4.79 Å². The lowest BCUT2D eigenvalue weighted by atomic mass is 10.3. The minimum absolute atomic E-state index is 0.0660. The average molecular weight is 236 g/mol. The summed E-state index contributed by atoms with van der Waals surface area (Å²) in [5.74, 6) is -0.0660. The Bertz CT molecular complexity index is 361. The summed E-state index contributed by atoms with van der Waals surface area (Å²) in [5, 5.41) is 0. The van der Waals surface area contributed by atoms with Gasteiger partial charge in [0, 0.05) is 13.6 Å². The molecule has 0 fully saturated rings. The highest BCUT2D eigenvalue weighted by atomic mass is 16.2. The molecule has 5 heteroatoms. The molecule has 0 aromatic carbocycles. The van der Waals surface area contributed by atoms with Crippen LogP contribution in [0.3, 0.4) is 0 Å². The first-order valence-electron chi connectivity index (χ1n) is 5.62. The van der Waals surface area contributed by atoms with Crippen molar-refractivity contribution in [2.45, 2.75) is 6.42 Å². The molecule has 5 nitrogen and oxygen atoms in total. The number of amides is 1. The predicted molar refractivity (Wildman–Crippen MR) is 68.8 cm³/mol. The highest BCUT2D eigenvalue weighted by Crippen LogP contribution is 2.04. The first-order chi connectivity index (χ1) is 8.00. The third-order valence-corrected chi connectivity index (χ3v) is 2.45. The summed E-state index contributed by atoms with van der Waals surface area (Å²) in [5.41, 5.74) is 6.53. The maximum absolute atomic E-state index is 11.9. The molecule has 2 N–H and O–H groups in total. The molecule has 0 unspecified atom stereocenters. The topological polar surface area (TPSA) is 62.5 Å². The molecule has 1 heterocycles. The molecule has 17 heavy (non-hydrogen) atoms. The molecule has 1 amide bonds. The van der Waals surface area contributed by atoms with E-state index in [2.05, 4.69) is 9.88 Å². The number of pyridine rings is 1. The van der Waals surface area contributed by atoms with Crippen molar-refractivity contribution in [1.29, 1.82) is 0 Å². The summed E-state index contributed by atoms with van der Waals surface area (Å²) in [7, 11) is 5.82. The van der Waals surface area contributed by atoms with Gasteiger partial charge in [0.2, 0.25) is 0 Å². The second kappa shape index (κ2) is 6.20. The van der Waals surface area contributed by atoms with Crippen LogP contribution in [0.15, 0.2) is 18.3 Å². The fourth-order valence-electron chi connectivity index (χ4n) is 1.45. The van der Waals surface area contributed by atoms with Gasteiger partial charge in [0.15, 0.2) is 0 Å². The molecule has 0 saturated heterocycles. The smallest absolute Gasteiger partial charge is 0.272 e. The summed E-state index contributed by atoms with van der Waals surface area (Å²) >= 11 is 0. The maximum atomic E-state index is 11.9. The fraction of sp³-hybridized carbons (Fsp3) is 0.500. The minimum Gasteiger partial charge on any atom is -0.397 e. The van der Waals surface area contributed by atoms with Crippen LogP contribution in [0.5, 0.6) is 0 Å². The summed E-state index contributed by atoms with van der Waals surface area (Å²) in [6, 6.07) is 3.34. The van der Waals surface area contributed by atoms with Crippen molar-refractivity contribution in [3.63, 3.8) is 0 Å². The largest absolute Gasteiger partial charge is 0.397 e. The standard InChI is InChI=1S/C12H20N4O/c1-15(2)7-4-8-16(3)12(17)11-6-5-10(13)9-14-11/h5-6,9H,4,7-8,13H2,1-3H3. The highest BCUT2D eigenvalue weighted by Gasteiger charge is 2.12. The van der Waals surface area contributed by atoms with Crippen molar-refractivity contribution in [2.24, 2.45) is 0 Å². The van der Waals surface area contributed by atoms with E-state index in [1.165, 1.54) is 6.20 Å². The molecule has 1 aromatic heterocycles. The minimum atomic E-state index is -0.0660. The number of nitrogen functional groups attached to an aromatic ring is 1. The molecule has 0 spiro atoms. The third kappa shape index (κ3) is 4.40. The van der Waals surface area contributed by atoms with Gasteiger partial charge >= 0.3 is 0 Å². The zero-order chi connectivity index (χ0) is 12.8. The molecular formula is C12H20N4O. The van der Waals surface area contributed by atoms with Crippen LogP contribution in [-0.4, -0.2) is 54.9 Å². The van der Waals surface area contributed by atoms with Gasteiger partial charge in [-0.05, 0) is 39.2 Å². The normalized spacial score (nSPS) is 10.6. The van der Waals surface area contributed by atoms with Crippen LogP contribution in [0.25, 0.3) is 0 Å². The monoisotopic (exact) mass is 236 g/mol. The van der Waals surface area contributed by atoms with Gasteiger partial charge in [-0.1, -0.05) is 0 Å². The molecule has 0 aliphatic heterocycles. The van der Waals surface area contributed by atoms with Crippen molar-refractivity contribution >= 4 is 11.6 Å². The van der Waals surface area contributed by atoms with Crippen LogP contribution in [0.1, 0.15) is 16.9 Å². The SMILES string of the molecule is CN(C)CCCN(C)C(=O)c1ccc(N)cn1. The van der Waals surface area contributed by atoms with E-state index in [1.807, 2.05) is 14.1 Å². The van der Waals surface area contributed by atoms with E-state index in [0.29, 0.717) is 11.4 Å². The molecule has 0 bridgehead atoms. The number of nitrogens with zero attached hydrogens (tertiary/aromatic N) is 3. The highest BCUT2D eigenvalue weighted by molar-refractivity contribution is 5.92. The van der Waals surface area contributed by atoms with E-state index in [1.54, 1.807) is 24.1 Å². The Morgan fingerprint density at radius 1 is 1.29 bits per heavy atom. The van der Waals surface area contributed by atoms with Crippen molar-refractivity contribution in [1.82, 2.24) is 14.8 Å². The van der Waals surface area contributed by atoms with E-state index < -0.39 is 0 Å². The Morgan fingerprint density at radius 2 is 2.00 bits per heavy atom. The molecule has 0 atom stereocenters. The van der Waals surface area contributed by atoms with Gasteiger partial charge < -0.3 is 15.5 Å². The summed E-state index contributed by atoms with van der Waals surface area (Å²) in [4.78, 5) is 19.7. The fourth-order valence-corrected chi connectivity index (χ4v) is 1.45. The lowest BCUT2D eigenvalue weighted by Crippen LogP contribution is -2.30. The molecule has 0 aliphatic carbocycles. The van der Waals surface area contributed by atoms with Crippen LogP contribution < -0.4 is 5.73 Å². The molecule has 1 aromatic rings. The first kappa shape index (κ1) is 13.4. The molecule has 0 radical (unpaired) electrons.